The maximum atomic E-state index is 2.59. The molecule has 2 bridgehead atoms. The van der Waals surface area contributed by atoms with Gasteiger partial charge in [-0.2, -0.15) is 0 Å². The monoisotopic (exact) mass is 140 g/mol. The number of rotatable bonds is 0. The molecule has 0 aromatic heterocycles. The molecular formula is C8H16N2. The Morgan fingerprint density at radius 3 is 2.90 bits per heavy atom. The van der Waals surface area contributed by atoms with Crippen molar-refractivity contribution >= 4 is 0 Å². The normalized spacial score (nSPS) is 41.7. The minimum absolute atomic E-state index is 0.877. The second-order valence-corrected chi connectivity index (χ2v) is 3.58. The maximum Gasteiger partial charge on any atom is 0.0221 e. The Balaban J connectivity index is 2.00. The second-order valence-electron chi connectivity index (χ2n) is 3.58. The minimum Gasteiger partial charge on any atom is -0.301 e. The van der Waals surface area contributed by atoms with E-state index >= 15 is 0 Å². The van der Waals surface area contributed by atoms with Crippen LogP contribution >= 0.6 is 0 Å². The van der Waals surface area contributed by atoms with Gasteiger partial charge in [0.15, 0.2) is 0 Å². The van der Waals surface area contributed by atoms with Gasteiger partial charge in [-0.1, -0.05) is 0 Å². The molecule has 0 saturated carbocycles. The number of hydrogen-bond donors (Lipinski definition) is 0. The highest BCUT2D eigenvalue weighted by Crippen LogP contribution is 2.17. The first-order valence-corrected chi connectivity index (χ1v) is 4.29. The summed E-state index contributed by atoms with van der Waals surface area (Å²) in [6.45, 7) is 5.26. The second kappa shape index (κ2) is 2.51. The highest BCUT2D eigenvalue weighted by atomic mass is 15.3. The van der Waals surface area contributed by atoms with E-state index in [-0.39, 0.29) is 0 Å². The number of nitrogens with zero attached hydrogens (tertiary/aromatic N) is 2. The summed E-state index contributed by atoms with van der Waals surface area (Å²) >= 11 is 0. The summed E-state index contributed by atoms with van der Waals surface area (Å²) in [4.78, 5) is 5.10. The Hall–Kier alpha value is -0.0800. The van der Waals surface area contributed by atoms with Crippen molar-refractivity contribution < 1.29 is 0 Å². The average molecular weight is 140 g/mol. The fraction of sp³-hybridized carbons (Fsp3) is 1.00. The van der Waals surface area contributed by atoms with Crippen LogP contribution in [0, 0.1) is 0 Å². The van der Waals surface area contributed by atoms with E-state index in [1.54, 1.807) is 0 Å². The molecule has 0 amide bonds. The Labute approximate surface area is 62.8 Å². The smallest absolute Gasteiger partial charge is 0.0221 e. The van der Waals surface area contributed by atoms with Gasteiger partial charge in [0.1, 0.15) is 0 Å². The van der Waals surface area contributed by atoms with Crippen LogP contribution in [0.4, 0.5) is 0 Å². The predicted molar refractivity (Wildman–Crippen MR) is 42.1 cm³/mol. The van der Waals surface area contributed by atoms with Crippen molar-refractivity contribution in [3.8, 4) is 0 Å². The van der Waals surface area contributed by atoms with Crippen molar-refractivity contribution in [3.63, 3.8) is 0 Å². The van der Waals surface area contributed by atoms with E-state index in [1.807, 2.05) is 0 Å². The first-order valence-electron chi connectivity index (χ1n) is 4.29. The van der Waals surface area contributed by atoms with Gasteiger partial charge < -0.3 is 9.80 Å². The van der Waals surface area contributed by atoms with Gasteiger partial charge in [0, 0.05) is 25.7 Å². The SMILES string of the molecule is CN1CCN2CCCC1C2. The maximum absolute atomic E-state index is 2.59. The van der Waals surface area contributed by atoms with Crippen LogP contribution in [0.5, 0.6) is 0 Å². The highest BCUT2D eigenvalue weighted by molar-refractivity contribution is 4.84. The van der Waals surface area contributed by atoms with Crippen molar-refractivity contribution in [3.05, 3.63) is 0 Å². The van der Waals surface area contributed by atoms with Crippen LogP contribution in [-0.2, 0) is 0 Å². The highest BCUT2D eigenvalue weighted by Gasteiger charge is 2.26. The van der Waals surface area contributed by atoms with Gasteiger partial charge in [-0.15, -0.1) is 0 Å². The van der Waals surface area contributed by atoms with Crippen LogP contribution in [0.1, 0.15) is 12.8 Å². The fourth-order valence-electron chi connectivity index (χ4n) is 2.08. The lowest BCUT2D eigenvalue weighted by Crippen LogP contribution is -2.54. The third-order valence-corrected chi connectivity index (χ3v) is 2.87. The van der Waals surface area contributed by atoms with E-state index < -0.39 is 0 Å². The molecule has 0 aromatic rings. The molecule has 2 heterocycles. The molecule has 2 nitrogen and oxygen atoms in total. The van der Waals surface area contributed by atoms with Crippen LogP contribution < -0.4 is 0 Å². The first kappa shape index (κ1) is 6.62. The summed E-state index contributed by atoms with van der Waals surface area (Å²) in [6.07, 6.45) is 2.84. The van der Waals surface area contributed by atoms with E-state index in [1.165, 1.54) is 39.0 Å². The molecule has 0 radical (unpaired) electrons. The van der Waals surface area contributed by atoms with Crippen LogP contribution in [0.15, 0.2) is 0 Å². The molecule has 2 fully saturated rings. The first-order chi connectivity index (χ1) is 4.86. The van der Waals surface area contributed by atoms with Gasteiger partial charge >= 0.3 is 0 Å². The van der Waals surface area contributed by atoms with E-state index in [4.69, 9.17) is 0 Å². The molecule has 2 heteroatoms. The molecule has 0 N–H and O–H groups in total. The van der Waals surface area contributed by atoms with Gasteiger partial charge in [0.05, 0.1) is 0 Å². The topological polar surface area (TPSA) is 6.48 Å². The molecule has 2 aliphatic heterocycles. The zero-order chi connectivity index (χ0) is 6.97. The zero-order valence-electron chi connectivity index (χ0n) is 6.71. The lowest BCUT2D eigenvalue weighted by atomic mass is 10.0. The summed E-state index contributed by atoms with van der Waals surface area (Å²) < 4.78 is 0. The van der Waals surface area contributed by atoms with E-state index in [9.17, 15) is 0 Å². The number of fused-ring (bicyclic) bond motifs is 2. The van der Waals surface area contributed by atoms with E-state index in [0.717, 1.165) is 6.04 Å². The van der Waals surface area contributed by atoms with Gasteiger partial charge in [-0.25, -0.2) is 0 Å². The van der Waals surface area contributed by atoms with Crippen LogP contribution in [0.25, 0.3) is 0 Å². The summed E-state index contributed by atoms with van der Waals surface area (Å²) in [7, 11) is 2.26. The molecule has 58 valence electrons. The number of piperazine rings is 1. The molecule has 2 rings (SSSR count). The molecule has 2 atom stereocenters. The molecular weight excluding hydrogens is 124 g/mol. The molecule has 10 heavy (non-hydrogen) atoms. The minimum atomic E-state index is 0.877. The summed E-state index contributed by atoms with van der Waals surface area (Å²) in [5.74, 6) is 0. The van der Waals surface area contributed by atoms with Crippen molar-refractivity contribution in [1.29, 1.82) is 0 Å². The van der Waals surface area contributed by atoms with Crippen LogP contribution in [-0.4, -0.2) is 49.1 Å². The van der Waals surface area contributed by atoms with Gasteiger partial charge in [0.2, 0.25) is 0 Å². The number of piperidine rings is 1. The van der Waals surface area contributed by atoms with Gasteiger partial charge in [-0.3, -0.25) is 0 Å². The molecule has 2 aliphatic rings. The van der Waals surface area contributed by atoms with Crippen LogP contribution in [0.3, 0.4) is 0 Å². The zero-order valence-corrected chi connectivity index (χ0v) is 6.71. The Morgan fingerprint density at radius 2 is 2.10 bits per heavy atom. The Bertz CT molecular complexity index is 122. The van der Waals surface area contributed by atoms with Crippen LogP contribution in [0.2, 0.25) is 0 Å². The third-order valence-electron chi connectivity index (χ3n) is 2.87. The Kier molecular flexibility index (Phi) is 1.66. The van der Waals surface area contributed by atoms with Crippen molar-refractivity contribution in [1.82, 2.24) is 9.80 Å². The summed E-state index contributed by atoms with van der Waals surface area (Å²) in [5, 5.41) is 0. The lowest BCUT2D eigenvalue weighted by Gasteiger charge is -2.43. The molecule has 0 spiro atoms. The average Bonchev–Trinajstić information content (AvgIpc) is 1.99. The van der Waals surface area contributed by atoms with Gasteiger partial charge in [-0.05, 0) is 26.4 Å². The van der Waals surface area contributed by atoms with Crippen molar-refractivity contribution in [2.24, 2.45) is 0 Å². The molecule has 0 aliphatic carbocycles. The van der Waals surface area contributed by atoms with E-state index in [0.29, 0.717) is 0 Å². The summed E-state index contributed by atoms with van der Waals surface area (Å²) in [6, 6.07) is 0.877. The van der Waals surface area contributed by atoms with Gasteiger partial charge in [0.25, 0.3) is 0 Å². The van der Waals surface area contributed by atoms with E-state index in [2.05, 4.69) is 16.8 Å². The van der Waals surface area contributed by atoms with Crippen molar-refractivity contribution in [2.75, 3.05) is 33.2 Å². The summed E-state index contributed by atoms with van der Waals surface area (Å²) in [5.41, 5.74) is 0. The lowest BCUT2D eigenvalue weighted by molar-refractivity contribution is 0.0578. The number of likely N-dealkylation sites (N-methyl/N-ethyl adjacent to an activating group) is 1. The fourth-order valence-corrected chi connectivity index (χ4v) is 2.08. The van der Waals surface area contributed by atoms with Crippen molar-refractivity contribution in [2.45, 2.75) is 18.9 Å². The standard InChI is InChI=1S/C8H16N2/c1-9-5-6-10-4-2-3-8(9)7-10/h8H,2-7H2,1H3. The Morgan fingerprint density at radius 1 is 1.20 bits per heavy atom. The molecule has 2 saturated heterocycles. The molecule has 0 aromatic carbocycles. The quantitative estimate of drug-likeness (QED) is 0.480. The molecule has 2 unspecified atom stereocenters. The predicted octanol–water partition coefficient (Wildman–Crippen LogP) is 0.396. The third kappa shape index (κ3) is 1.06. The largest absolute Gasteiger partial charge is 0.301 e. The number of hydrogen-bond acceptors (Lipinski definition) is 2.